The van der Waals surface area contributed by atoms with Gasteiger partial charge in [0.1, 0.15) is 6.07 Å². The number of carbonyl (C=O) groups is 1. The molecule has 1 amide bonds. The van der Waals surface area contributed by atoms with E-state index in [0.717, 1.165) is 5.56 Å². The van der Waals surface area contributed by atoms with Crippen LogP contribution in [0.2, 0.25) is 5.02 Å². The van der Waals surface area contributed by atoms with Crippen LogP contribution >= 0.6 is 11.6 Å². The highest BCUT2D eigenvalue weighted by atomic mass is 35.5. The van der Waals surface area contributed by atoms with E-state index in [4.69, 9.17) is 16.9 Å². The number of fused-ring (bicyclic) bond motifs is 1. The summed E-state index contributed by atoms with van der Waals surface area (Å²) in [6, 6.07) is 5.61. The van der Waals surface area contributed by atoms with Gasteiger partial charge in [0.05, 0.1) is 22.7 Å². The van der Waals surface area contributed by atoms with E-state index in [1.54, 1.807) is 11.0 Å². The van der Waals surface area contributed by atoms with Crippen LogP contribution in [0.25, 0.3) is 0 Å². The van der Waals surface area contributed by atoms with Crippen LogP contribution < -0.4 is 4.90 Å². The zero-order chi connectivity index (χ0) is 11.9. The van der Waals surface area contributed by atoms with E-state index in [1.165, 1.54) is 0 Å². The fourth-order valence-corrected chi connectivity index (χ4v) is 2.25. The van der Waals surface area contributed by atoms with E-state index in [9.17, 15) is 4.79 Å². The number of nitriles is 1. The second-order valence-corrected chi connectivity index (χ2v) is 4.48. The van der Waals surface area contributed by atoms with Gasteiger partial charge in [0, 0.05) is 6.04 Å². The Morgan fingerprint density at radius 3 is 2.75 bits per heavy atom. The lowest BCUT2D eigenvalue weighted by Crippen LogP contribution is -2.34. The molecule has 0 aliphatic carbocycles. The predicted octanol–water partition coefficient (Wildman–Crippen LogP) is 2.51. The number of hydrogen-bond acceptors (Lipinski definition) is 2. The largest absolute Gasteiger partial charge is 0.308 e. The van der Waals surface area contributed by atoms with Crippen molar-refractivity contribution in [2.45, 2.75) is 26.3 Å². The third-order valence-electron chi connectivity index (χ3n) is 2.69. The first kappa shape index (κ1) is 11.0. The second kappa shape index (κ2) is 3.80. The highest BCUT2D eigenvalue weighted by molar-refractivity contribution is 6.32. The first-order valence-corrected chi connectivity index (χ1v) is 5.47. The molecule has 82 valence electrons. The molecular weight excluding hydrogens is 224 g/mol. The number of anilines is 1. The highest BCUT2D eigenvalue weighted by Gasteiger charge is 2.32. The minimum Gasteiger partial charge on any atom is -0.308 e. The molecule has 0 unspecified atom stereocenters. The first-order valence-electron chi connectivity index (χ1n) is 5.09. The minimum absolute atomic E-state index is 0.0313. The highest BCUT2D eigenvalue weighted by Crippen LogP contribution is 2.37. The van der Waals surface area contributed by atoms with Gasteiger partial charge >= 0.3 is 0 Å². The molecule has 0 N–H and O–H groups in total. The molecule has 2 rings (SSSR count). The number of nitrogens with zero attached hydrogens (tertiary/aromatic N) is 2. The van der Waals surface area contributed by atoms with E-state index < -0.39 is 0 Å². The van der Waals surface area contributed by atoms with Gasteiger partial charge in [-0.3, -0.25) is 4.79 Å². The first-order chi connectivity index (χ1) is 7.56. The van der Waals surface area contributed by atoms with E-state index in [2.05, 4.69) is 6.07 Å². The van der Waals surface area contributed by atoms with Crippen LogP contribution in [0, 0.1) is 11.3 Å². The molecule has 0 aromatic heterocycles. The lowest BCUT2D eigenvalue weighted by atomic mass is 10.1. The Kier molecular flexibility index (Phi) is 2.61. The summed E-state index contributed by atoms with van der Waals surface area (Å²) in [4.78, 5) is 13.5. The van der Waals surface area contributed by atoms with Gasteiger partial charge in [0.2, 0.25) is 5.91 Å². The average Bonchev–Trinajstić information content (AvgIpc) is 2.54. The number of hydrogen-bond donors (Lipinski definition) is 0. The summed E-state index contributed by atoms with van der Waals surface area (Å²) in [5.41, 5.74) is 1.98. The standard InChI is InChI=1S/C12H11ClN2O/c1-7(2)15-11(16)5-8-3-4-10(13)9(6-14)12(8)15/h3-4,7H,5H2,1-2H3. The van der Waals surface area contributed by atoms with Crippen molar-refractivity contribution < 1.29 is 4.79 Å². The predicted molar refractivity (Wildman–Crippen MR) is 62.5 cm³/mol. The maximum absolute atomic E-state index is 11.8. The number of halogens is 1. The SMILES string of the molecule is CC(C)N1C(=O)Cc2ccc(Cl)c(C#N)c21. The fourth-order valence-electron chi connectivity index (χ4n) is 2.05. The fraction of sp³-hybridized carbons (Fsp3) is 0.333. The Morgan fingerprint density at radius 2 is 2.19 bits per heavy atom. The molecule has 0 atom stereocenters. The molecule has 16 heavy (non-hydrogen) atoms. The molecule has 1 aliphatic rings. The Labute approximate surface area is 99.2 Å². The Balaban J connectivity index is 2.68. The third kappa shape index (κ3) is 1.46. The second-order valence-electron chi connectivity index (χ2n) is 4.08. The lowest BCUT2D eigenvalue weighted by molar-refractivity contribution is -0.117. The van der Waals surface area contributed by atoms with Gasteiger partial charge in [-0.1, -0.05) is 17.7 Å². The zero-order valence-corrected chi connectivity index (χ0v) is 9.88. The van der Waals surface area contributed by atoms with Crippen molar-refractivity contribution in [1.82, 2.24) is 0 Å². The normalized spacial score (nSPS) is 14.2. The van der Waals surface area contributed by atoms with Gasteiger partial charge < -0.3 is 4.90 Å². The molecule has 0 spiro atoms. The molecule has 4 heteroatoms. The minimum atomic E-state index is 0.0313. The lowest BCUT2D eigenvalue weighted by Gasteiger charge is -2.23. The number of carbonyl (C=O) groups excluding carboxylic acids is 1. The van der Waals surface area contributed by atoms with Crippen molar-refractivity contribution in [3.8, 4) is 6.07 Å². The maximum atomic E-state index is 11.8. The van der Waals surface area contributed by atoms with Crippen LogP contribution in [0.5, 0.6) is 0 Å². The smallest absolute Gasteiger partial charge is 0.231 e. The van der Waals surface area contributed by atoms with Crippen molar-refractivity contribution >= 4 is 23.2 Å². The summed E-state index contributed by atoms with van der Waals surface area (Å²) in [5.74, 6) is 0.0313. The van der Waals surface area contributed by atoms with E-state index in [0.29, 0.717) is 22.7 Å². The molecular formula is C12H11ClN2O. The average molecular weight is 235 g/mol. The molecule has 0 radical (unpaired) electrons. The molecule has 3 nitrogen and oxygen atoms in total. The van der Waals surface area contributed by atoms with Crippen LogP contribution in [0.15, 0.2) is 12.1 Å². The van der Waals surface area contributed by atoms with Gasteiger partial charge in [0.25, 0.3) is 0 Å². The van der Waals surface area contributed by atoms with E-state index in [-0.39, 0.29) is 11.9 Å². The van der Waals surface area contributed by atoms with Crippen molar-refractivity contribution in [3.63, 3.8) is 0 Å². The van der Waals surface area contributed by atoms with E-state index in [1.807, 2.05) is 19.9 Å². The molecule has 0 saturated heterocycles. The van der Waals surface area contributed by atoms with Crippen molar-refractivity contribution in [3.05, 3.63) is 28.3 Å². The molecule has 0 bridgehead atoms. The quantitative estimate of drug-likeness (QED) is 0.750. The van der Waals surface area contributed by atoms with E-state index >= 15 is 0 Å². The number of rotatable bonds is 1. The molecule has 1 aromatic carbocycles. The van der Waals surface area contributed by atoms with Gasteiger partial charge in [-0.25, -0.2) is 0 Å². The third-order valence-corrected chi connectivity index (χ3v) is 3.01. The van der Waals surface area contributed by atoms with Crippen LogP contribution in [0.4, 0.5) is 5.69 Å². The topological polar surface area (TPSA) is 44.1 Å². The molecule has 1 aliphatic heterocycles. The van der Waals surface area contributed by atoms with Crippen molar-refractivity contribution in [1.29, 1.82) is 5.26 Å². The summed E-state index contributed by atoms with van der Waals surface area (Å²) in [7, 11) is 0. The molecule has 0 fully saturated rings. The monoisotopic (exact) mass is 234 g/mol. The summed E-state index contributed by atoms with van der Waals surface area (Å²) < 4.78 is 0. The van der Waals surface area contributed by atoms with Gasteiger partial charge in [-0.15, -0.1) is 0 Å². The van der Waals surface area contributed by atoms with Gasteiger partial charge in [-0.05, 0) is 25.5 Å². The van der Waals surface area contributed by atoms with Crippen molar-refractivity contribution in [2.75, 3.05) is 4.90 Å². The Morgan fingerprint density at radius 1 is 1.50 bits per heavy atom. The number of benzene rings is 1. The molecule has 1 aromatic rings. The van der Waals surface area contributed by atoms with Crippen LogP contribution in [-0.2, 0) is 11.2 Å². The summed E-state index contributed by atoms with van der Waals surface area (Å²) >= 11 is 5.97. The summed E-state index contributed by atoms with van der Waals surface area (Å²) in [6.45, 7) is 3.85. The van der Waals surface area contributed by atoms with Crippen molar-refractivity contribution in [2.24, 2.45) is 0 Å². The Hall–Kier alpha value is -1.53. The van der Waals surface area contributed by atoms with Crippen LogP contribution in [-0.4, -0.2) is 11.9 Å². The summed E-state index contributed by atoms with van der Waals surface area (Å²) in [5, 5.41) is 9.50. The Bertz CT molecular complexity index is 502. The van der Waals surface area contributed by atoms with Crippen LogP contribution in [0.3, 0.4) is 0 Å². The summed E-state index contributed by atoms with van der Waals surface area (Å²) in [6.07, 6.45) is 0.360. The molecule has 1 heterocycles. The zero-order valence-electron chi connectivity index (χ0n) is 9.12. The number of amides is 1. The van der Waals surface area contributed by atoms with Gasteiger partial charge in [-0.2, -0.15) is 5.26 Å². The molecule has 0 saturated carbocycles. The van der Waals surface area contributed by atoms with Gasteiger partial charge in [0.15, 0.2) is 0 Å². The van der Waals surface area contributed by atoms with Crippen LogP contribution in [0.1, 0.15) is 25.0 Å². The maximum Gasteiger partial charge on any atom is 0.231 e.